The molecule has 0 radical (unpaired) electrons. The van der Waals surface area contributed by atoms with E-state index in [2.05, 4.69) is 20.3 Å². The van der Waals surface area contributed by atoms with Crippen LogP contribution in [0.4, 0.5) is 20.4 Å². The summed E-state index contributed by atoms with van der Waals surface area (Å²) in [5.41, 5.74) is 0.990. The SMILES string of the molecule is Cn1c(Nc2c(Cl)cnc(Cl)c2Cl)nc2cc(C(=O)C=CC3CCCCC3)c(OCC(F)F)nc21. The van der Waals surface area contributed by atoms with Gasteiger partial charge in [-0.15, -0.1) is 0 Å². The molecule has 0 saturated heterocycles. The molecule has 0 atom stereocenters. The molecule has 186 valence electrons. The summed E-state index contributed by atoms with van der Waals surface area (Å²) >= 11 is 18.4. The van der Waals surface area contributed by atoms with Gasteiger partial charge in [0.1, 0.15) is 15.7 Å². The van der Waals surface area contributed by atoms with Gasteiger partial charge in [-0.2, -0.15) is 4.98 Å². The molecule has 12 heteroatoms. The predicted octanol–water partition coefficient (Wildman–Crippen LogP) is 7.03. The van der Waals surface area contributed by atoms with Crippen LogP contribution in [0.3, 0.4) is 0 Å². The molecule has 0 aliphatic heterocycles. The van der Waals surface area contributed by atoms with Crippen molar-refractivity contribution < 1.29 is 18.3 Å². The zero-order valence-electron chi connectivity index (χ0n) is 18.7. The number of carbonyl (C=O) groups excluding carboxylic acids is 1. The van der Waals surface area contributed by atoms with Gasteiger partial charge in [0.25, 0.3) is 6.43 Å². The second-order valence-corrected chi connectivity index (χ2v) is 9.36. The smallest absolute Gasteiger partial charge is 0.272 e. The minimum atomic E-state index is -2.72. The summed E-state index contributed by atoms with van der Waals surface area (Å²) in [6, 6.07) is 1.48. The Kier molecular flexibility index (Phi) is 8.09. The van der Waals surface area contributed by atoms with Crippen LogP contribution in [0, 0.1) is 5.92 Å². The Morgan fingerprint density at radius 1 is 1.26 bits per heavy atom. The van der Waals surface area contributed by atoms with Crippen LogP contribution in [0.5, 0.6) is 5.88 Å². The molecule has 1 saturated carbocycles. The number of anilines is 2. The average Bonchev–Trinajstić information content (AvgIpc) is 3.15. The Balaban J connectivity index is 1.71. The standard InChI is InChI=1S/C23H22Cl3F2N5O2/c1-33-21-15(30-23(33)31-19-14(24)10-29-20(26)18(19)25)9-13(22(32-21)35-11-17(27)28)16(34)8-7-12-5-3-2-4-6-12/h7-10,12,17H,2-6,11H2,1H3,(H,29,30,31). The van der Waals surface area contributed by atoms with E-state index < -0.39 is 13.0 Å². The molecule has 4 rings (SSSR count). The number of carbonyl (C=O) groups is 1. The normalized spacial score (nSPS) is 14.8. The first kappa shape index (κ1) is 25.6. The minimum absolute atomic E-state index is 0.0516. The highest BCUT2D eigenvalue weighted by Crippen LogP contribution is 2.37. The second kappa shape index (κ2) is 11.1. The lowest BCUT2D eigenvalue weighted by molar-refractivity contribution is 0.0783. The van der Waals surface area contributed by atoms with Crippen LogP contribution in [-0.4, -0.2) is 38.3 Å². The third-order valence-corrected chi connectivity index (χ3v) is 6.80. The first-order chi connectivity index (χ1) is 16.7. The molecule has 35 heavy (non-hydrogen) atoms. The van der Waals surface area contributed by atoms with E-state index in [9.17, 15) is 13.6 Å². The van der Waals surface area contributed by atoms with Gasteiger partial charge in [0, 0.05) is 13.2 Å². The van der Waals surface area contributed by atoms with Gasteiger partial charge in [0.15, 0.2) is 18.0 Å². The fourth-order valence-corrected chi connectivity index (χ4v) is 4.52. The molecule has 0 bridgehead atoms. The summed E-state index contributed by atoms with van der Waals surface area (Å²) < 4.78 is 32.5. The van der Waals surface area contributed by atoms with Crippen LogP contribution < -0.4 is 10.1 Å². The maximum absolute atomic E-state index is 13.0. The van der Waals surface area contributed by atoms with Crippen molar-refractivity contribution in [3.05, 3.63) is 45.2 Å². The van der Waals surface area contributed by atoms with Crippen LogP contribution in [-0.2, 0) is 7.05 Å². The van der Waals surface area contributed by atoms with Crippen molar-refractivity contribution in [2.75, 3.05) is 11.9 Å². The summed E-state index contributed by atoms with van der Waals surface area (Å²) in [4.78, 5) is 25.7. The Bertz CT molecular complexity index is 1280. The second-order valence-electron chi connectivity index (χ2n) is 8.21. The van der Waals surface area contributed by atoms with Crippen molar-refractivity contribution in [3.63, 3.8) is 0 Å². The number of allylic oxidation sites excluding steroid dienone is 2. The summed E-state index contributed by atoms with van der Waals surface area (Å²) in [5.74, 6) is 0.0259. The van der Waals surface area contributed by atoms with E-state index in [1.807, 2.05) is 6.08 Å². The monoisotopic (exact) mass is 543 g/mol. The van der Waals surface area contributed by atoms with Crippen molar-refractivity contribution in [2.45, 2.75) is 38.5 Å². The van der Waals surface area contributed by atoms with Crippen molar-refractivity contribution in [1.29, 1.82) is 0 Å². The van der Waals surface area contributed by atoms with Gasteiger partial charge in [-0.25, -0.2) is 18.7 Å². The molecule has 0 amide bonds. The Morgan fingerprint density at radius 3 is 2.71 bits per heavy atom. The van der Waals surface area contributed by atoms with Gasteiger partial charge < -0.3 is 10.1 Å². The molecule has 7 nitrogen and oxygen atoms in total. The van der Waals surface area contributed by atoms with Gasteiger partial charge in [-0.3, -0.25) is 9.36 Å². The van der Waals surface area contributed by atoms with Gasteiger partial charge in [-0.05, 0) is 30.9 Å². The number of ether oxygens (including phenoxy) is 1. The molecule has 0 spiro atoms. The Labute approximate surface area is 215 Å². The molecular formula is C23H22Cl3F2N5O2. The molecule has 0 unspecified atom stereocenters. The number of aromatic nitrogens is 4. The van der Waals surface area contributed by atoms with Crippen molar-refractivity contribution >= 4 is 63.4 Å². The Hall–Kier alpha value is -2.49. The maximum atomic E-state index is 13.0. The lowest BCUT2D eigenvalue weighted by Gasteiger charge is -2.17. The fourth-order valence-electron chi connectivity index (χ4n) is 3.94. The van der Waals surface area contributed by atoms with E-state index in [1.165, 1.54) is 24.8 Å². The molecule has 0 aromatic carbocycles. The molecule has 1 aliphatic rings. The fraction of sp³-hybridized carbons (Fsp3) is 0.391. The number of aryl methyl sites for hydroxylation is 1. The summed E-state index contributed by atoms with van der Waals surface area (Å²) in [6.45, 7) is -0.894. The van der Waals surface area contributed by atoms with E-state index in [1.54, 1.807) is 11.6 Å². The molecule has 3 aromatic rings. The summed E-state index contributed by atoms with van der Waals surface area (Å²) in [5, 5.41) is 3.35. The van der Waals surface area contributed by atoms with Crippen LogP contribution in [0.2, 0.25) is 15.2 Å². The van der Waals surface area contributed by atoms with Crippen molar-refractivity contribution in [2.24, 2.45) is 13.0 Å². The minimum Gasteiger partial charge on any atom is -0.471 e. The first-order valence-corrected chi connectivity index (χ1v) is 12.2. The highest BCUT2D eigenvalue weighted by molar-refractivity contribution is 6.45. The van der Waals surface area contributed by atoms with E-state index in [4.69, 9.17) is 39.5 Å². The maximum Gasteiger partial charge on any atom is 0.272 e. The summed E-state index contributed by atoms with van der Waals surface area (Å²) in [7, 11) is 1.65. The van der Waals surface area contributed by atoms with E-state index in [-0.39, 0.29) is 44.1 Å². The predicted molar refractivity (Wildman–Crippen MR) is 133 cm³/mol. The van der Waals surface area contributed by atoms with Crippen molar-refractivity contribution in [1.82, 2.24) is 19.5 Å². The largest absolute Gasteiger partial charge is 0.471 e. The number of hydrogen-bond donors (Lipinski definition) is 1. The van der Waals surface area contributed by atoms with Crippen LogP contribution in [0.1, 0.15) is 42.5 Å². The number of pyridine rings is 2. The lowest BCUT2D eigenvalue weighted by atomic mass is 9.89. The van der Waals surface area contributed by atoms with Gasteiger partial charge >= 0.3 is 0 Å². The van der Waals surface area contributed by atoms with E-state index >= 15 is 0 Å². The number of nitrogens with zero attached hydrogens (tertiary/aromatic N) is 4. The molecule has 3 aromatic heterocycles. The average molecular weight is 545 g/mol. The van der Waals surface area contributed by atoms with Gasteiger partial charge in [0.2, 0.25) is 11.8 Å². The number of nitrogens with one attached hydrogen (secondary N) is 1. The van der Waals surface area contributed by atoms with E-state index in [0.717, 1.165) is 25.7 Å². The van der Waals surface area contributed by atoms with Crippen LogP contribution in [0.15, 0.2) is 24.4 Å². The Morgan fingerprint density at radius 2 is 2.00 bits per heavy atom. The van der Waals surface area contributed by atoms with Crippen LogP contribution in [0.25, 0.3) is 11.2 Å². The third-order valence-electron chi connectivity index (χ3n) is 5.76. The number of halogens is 5. The number of rotatable bonds is 8. The van der Waals surface area contributed by atoms with E-state index in [0.29, 0.717) is 17.1 Å². The number of imidazole rings is 1. The zero-order valence-corrected chi connectivity index (χ0v) is 21.0. The topological polar surface area (TPSA) is 81.9 Å². The summed E-state index contributed by atoms with van der Waals surface area (Å²) in [6.07, 6.45) is 7.45. The van der Waals surface area contributed by atoms with Gasteiger partial charge in [0.05, 0.1) is 16.3 Å². The molecule has 3 heterocycles. The van der Waals surface area contributed by atoms with Crippen molar-refractivity contribution in [3.8, 4) is 5.88 Å². The quantitative estimate of drug-likeness (QED) is 0.186. The van der Waals surface area contributed by atoms with Gasteiger partial charge in [-0.1, -0.05) is 60.1 Å². The third kappa shape index (κ3) is 5.85. The number of hydrogen-bond acceptors (Lipinski definition) is 6. The molecule has 1 N–H and O–H groups in total. The zero-order chi connectivity index (χ0) is 25.1. The number of fused-ring (bicyclic) bond motifs is 1. The number of alkyl halides is 2. The highest BCUT2D eigenvalue weighted by atomic mass is 35.5. The lowest BCUT2D eigenvalue weighted by Crippen LogP contribution is -2.12. The first-order valence-electron chi connectivity index (χ1n) is 11.0. The molecule has 1 aliphatic carbocycles. The highest BCUT2D eigenvalue weighted by Gasteiger charge is 2.21. The molecular weight excluding hydrogens is 523 g/mol. The number of ketones is 1. The van der Waals surface area contributed by atoms with Crippen LogP contribution >= 0.6 is 34.8 Å². The molecule has 1 fully saturated rings.